The van der Waals surface area contributed by atoms with Crippen LogP contribution in [0.3, 0.4) is 0 Å². The number of thioether (sulfide) groups is 1. The average Bonchev–Trinajstić information content (AvgIpc) is 3.38. The molecule has 2 unspecified atom stereocenters. The van der Waals surface area contributed by atoms with Crippen LogP contribution in [0.5, 0.6) is 0 Å². The molecular weight excluding hydrogens is 544 g/mol. The summed E-state index contributed by atoms with van der Waals surface area (Å²) in [5.41, 5.74) is -6.48. The van der Waals surface area contributed by atoms with E-state index in [4.69, 9.17) is 14.2 Å². The molecule has 4 aliphatic carbocycles. The van der Waals surface area contributed by atoms with Gasteiger partial charge in [-0.15, -0.1) is 0 Å². The van der Waals surface area contributed by atoms with Crippen molar-refractivity contribution in [3.05, 3.63) is 23.8 Å². The number of aliphatic hydroxyl groups excluding tert-OH is 1. The fraction of sp³-hybridized carbons (Fsp3) is 0.759. The molecule has 5 rings (SSSR count). The Bertz CT molecular complexity index is 1130. The van der Waals surface area contributed by atoms with Gasteiger partial charge in [0.1, 0.15) is 6.17 Å². The molecule has 4 fully saturated rings. The molecule has 0 aromatic rings. The number of halogens is 2. The van der Waals surface area contributed by atoms with Crippen LogP contribution in [0.2, 0.25) is 0 Å². The molecule has 3 saturated carbocycles. The smallest absolute Gasteiger partial charge is 0.407 e. The van der Waals surface area contributed by atoms with Gasteiger partial charge in [0.2, 0.25) is 5.78 Å². The molecule has 0 radical (unpaired) electrons. The number of alkyl halides is 2. The van der Waals surface area contributed by atoms with E-state index in [1.54, 1.807) is 18.7 Å². The molecule has 40 heavy (non-hydrogen) atoms. The van der Waals surface area contributed by atoms with Crippen molar-refractivity contribution in [2.75, 3.05) is 25.2 Å². The second-order valence-corrected chi connectivity index (χ2v) is 13.2. The summed E-state index contributed by atoms with van der Waals surface area (Å²) in [5, 5.41) is 14.2. The van der Waals surface area contributed by atoms with Crippen molar-refractivity contribution < 1.29 is 42.5 Å². The summed E-state index contributed by atoms with van der Waals surface area (Å²) in [5.74, 6) is -1.78. The maximum Gasteiger partial charge on any atom is 0.407 e. The van der Waals surface area contributed by atoms with E-state index in [1.807, 2.05) is 13.2 Å². The van der Waals surface area contributed by atoms with E-state index >= 15 is 8.78 Å². The number of alkyl carbamates (subject to hydrolysis) is 1. The van der Waals surface area contributed by atoms with Crippen LogP contribution >= 0.6 is 11.8 Å². The van der Waals surface area contributed by atoms with Gasteiger partial charge >= 0.3 is 6.09 Å². The second-order valence-electron chi connectivity index (χ2n) is 12.2. The van der Waals surface area contributed by atoms with Gasteiger partial charge in [-0.25, -0.2) is 13.6 Å². The largest absolute Gasteiger partial charge is 0.441 e. The molecule has 10 atom stereocenters. The first kappa shape index (κ1) is 29.7. The molecular formula is C29H39F2NO7S. The minimum atomic E-state index is -2.28. The van der Waals surface area contributed by atoms with Gasteiger partial charge in [0.05, 0.1) is 12.2 Å². The van der Waals surface area contributed by atoms with Crippen LogP contribution in [0, 0.1) is 22.7 Å². The molecule has 222 valence electrons. The second kappa shape index (κ2) is 10.5. The van der Waals surface area contributed by atoms with Crippen molar-refractivity contribution in [3.8, 4) is 0 Å². The van der Waals surface area contributed by atoms with E-state index in [1.165, 1.54) is 19.1 Å². The van der Waals surface area contributed by atoms with Gasteiger partial charge in [0, 0.05) is 29.0 Å². The zero-order chi connectivity index (χ0) is 29.1. The summed E-state index contributed by atoms with van der Waals surface area (Å²) in [4.78, 5) is 38.3. The molecule has 0 bridgehead atoms. The van der Waals surface area contributed by atoms with E-state index in [0.717, 1.165) is 12.5 Å². The molecule has 5 aliphatic rings. The molecule has 1 saturated heterocycles. The minimum Gasteiger partial charge on any atom is -0.441 e. The van der Waals surface area contributed by atoms with Crippen molar-refractivity contribution >= 4 is 29.4 Å². The first-order valence-electron chi connectivity index (χ1n) is 14.1. The van der Waals surface area contributed by atoms with Crippen LogP contribution in [0.1, 0.15) is 52.9 Å². The molecule has 0 spiro atoms. The molecule has 0 aromatic carbocycles. The zero-order valence-electron chi connectivity index (χ0n) is 23.4. The van der Waals surface area contributed by atoms with E-state index in [2.05, 4.69) is 5.32 Å². The van der Waals surface area contributed by atoms with Crippen molar-refractivity contribution in [1.82, 2.24) is 5.32 Å². The van der Waals surface area contributed by atoms with E-state index < -0.39 is 82.9 Å². The third-order valence-corrected chi connectivity index (χ3v) is 10.9. The minimum absolute atomic E-state index is 0.0433. The van der Waals surface area contributed by atoms with Gasteiger partial charge in [-0.1, -0.05) is 26.3 Å². The Morgan fingerprint density at radius 3 is 2.73 bits per heavy atom. The van der Waals surface area contributed by atoms with Crippen molar-refractivity contribution in [1.29, 1.82) is 0 Å². The lowest BCUT2D eigenvalue weighted by Crippen LogP contribution is -2.71. The molecule has 11 heteroatoms. The van der Waals surface area contributed by atoms with Gasteiger partial charge in [0.15, 0.2) is 29.9 Å². The number of hydrogen-bond donors (Lipinski definition) is 2. The van der Waals surface area contributed by atoms with Crippen LogP contribution in [0.4, 0.5) is 13.6 Å². The normalized spacial score (nSPS) is 45.2. The third kappa shape index (κ3) is 4.05. The summed E-state index contributed by atoms with van der Waals surface area (Å²) >= 11 is 1.55. The Morgan fingerprint density at radius 1 is 1.27 bits per heavy atom. The summed E-state index contributed by atoms with van der Waals surface area (Å²) in [6.45, 7) is 5.09. The van der Waals surface area contributed by atoms with Crippen LogP contribution in [-0.2, 0) is 23.8 Å². The lowest BCUT2D eigenvalue weighted by Gasteiger charge is -2.63. The number of carbonyl (C=O) groups is 3. The Kier molecular flexibility index (Phi) is 7.76. The van der Waals surface area contributed by atoms with Crippen LogP contribution in [0.15, 0.2) is 23.8 Å². The van der Waals surface area contributed by atoms with Crippen LogP contribution in [0.25, 0.3) is 0 Å². The van der Waals surface area contributed by atoms with Gasteiger partial charge in [-0.05, 0) is 62.5 Å². The number of rotatable bonds is 8. The number of amides is 1. The standard InChI is InChI=1S/C29H39F2NO7S/c1-5-6-24-38-23-13-17-18-12-20(30)19-11-16(33)7-8-26(19,2)28(18,31)21(34)14-27(17,3)29(23,39-24)22(35)15-37-25(36)32-9-10-40-4/h7-8,11,17-18,20-21,23-24,34H,5-6,9-10,12-15H2,1-4H3,(H,32,36)/t17?,18-,20-,21-,23+,24?,26-,27-,28-,29+/m0/s1. The summed E-state index contributed by atoms with van der Waals surface area (Å²) in [7, 11) is 0. The van der Waals surface area contributed by atoms with Crippen molar-refractivity contribution in [3.63, 3.8) is 0 Å². The predicted molar refractivity (Wildman–Crippen MR) is 144 cm³/mol. The lowest BCUT2D eigenvalue weighted by molar-refractivity contribution is -0.234. The monoisotopic (exact) mass is 583 g/mol. The number of Topliss-reactive ketones (excluding diaryl/α,β-unsaturated/α-hetero) is 1. The number of ketones is 2. The molecule has 2 N–H and O–H groups in total. The highest BCUT2D eigenvalue weighted by molar-refractivity contribution is 7.98. The van der Waals surface area contributed by atoms with Crippen molar-refractivity contribution in [2.45, 2.75) is 88.8 Å². The van der Waals surface area contributed by atoms with Gasteiger partial charge in [-0.2, -0.15) is 11.8 Å². The Balaban J connectivity index is 1.50. The third-order valence-electron chi connectivity index (χ3n) is 10.3. The Labute approximate surface area is 237 Å². The number of allylic oxidation sites excluding steroid dienone is 4. The zero-order valence-corrected chi connectivity index (χ0v) is 24.2. The van der Waals surface area contributed by atoms with Gasteiger partial charge in [0.25, 0.3) is 0 Å². The Morgan fingerprint density at radius 2 is 2.02 bits per heavy atom. The Hall–Kier alpha value is -1.82. The highest BCUT2D eigenvalue weighted by Crippen LogP contribution is 2.72. The first-order valence-corrected chi connectivity index (χ1v) is 15.5. The van der Waals surface area contributed by atoms with Crippen LogP contribution in [-0.4, -0.2) is 83.9 Å². The van der Waals surface area contributed by atoms with Crippen molar-refractivity contribution in [2.24, 2.45) is 22.7 Å². The summed E-state index contributed by atoms with van der Waals surface area (Å²) in [6.07, 6.45) is 1.45. The molecule has 0 aromatic heterocycles. The van der Waals surface area contributed by atoms with Gasteiger partial charge < -0.3 is 24.6 Å². The fourth-order valence-corrected chi connectivity index (χ4v) is 8.74. The fourth-order valence-electron chi connectivity index (χ4n) is 8.43. The van der Waals surface area contributed by atoms with E-state index in [-0.39, 0.29) is 24.8 Å². The number of carbonyl (C=O) groups excluding carboxylic acids is 3. The lowest BCUT2D eigenvalue weighted by atomic mass is 9.44. The summed E-state index contributed by atoms with van der Waals surface area (Å²) in [6, 6.07) is 0. The SMILES string of the molecule is CCCC1O[C@@H]2CC3[C@@H]4C[C@H](F)C5=CC(=O)C=C[C@]5(C)[C@@]4(F)[C@@H](O)C[C@]3(C)[C@]2(C(=O)COC(=O)NCCSC)O1. The number of hydrogen-bond acceptors (Lipinski definition) is 8. The molecule has 1 amide bonds. The molecule has 1 aliphatic heterocycles. The van der Waals surface area contributed by atoms with Crippen LogP contribution < -0.4 is 5.32 Å². The number of nitrogens with one attached hydrogen (secondary N) is 1. The maximum absolute atomic E-state index is 17.5. The first-order chi connectivity index (χ1) is 18.9. The highest BCUT2D eigenvalue weighted by atomic mass is 32.2. The number of fused-ring (bicyclic) bond motifs is 7. The highest BCUT2D eigenvalue weighted by Gasteiger charge is 2.80. The van der Waals surface area contributed by atoms with E-state index in [9.17, 15) is 19.5 Å². The maximum atomic E-state index is 17.5. The number of aliphatic hydroxyl groups is 1. The predicted octanol–water partition coefficient (Wildman–Crippen LogP) is 3.85. The average molecular weight is 584 g/mol. The molecule has 8 nitrogen and oxygen atoms in total. The topological polar surface area (TPSA) is 111 Å². The van der Waals surface area contributed by atoms with Gasteiger partial charge in [-0.3, -0.25) is 9.59 Å². The quantitative estimate of drug-likeness (QED) is 0.415. The number of ether oxygens (including phenoxy) is 3. The molecule has 1 heterocycles. The summed E-state index contributed by atoms with van der Waals surface area (Å²) < 4.78 is 51.1. The van der Waals surface area contributed by atoms with E-state index in [0.29, 0.717) is 18.7 Å².